The molecule has 0 bridgehead atoms. The minimum Gasteiger partial charge on any atom is -0.377 e. The predicted octanol–water partition coefficient (Wildman–Crippen LogP) is 2.39. The van der Waals surface area contributed by atoms with Crippen molar-refractivity contribution in [3.8, 4) is 0 Å². The van der Waals surface area contributed by atoms with Gasteiger partial charge in [-0.25, -0.2) is 0 Å². The van der Waals surface area contributed by atoms with Crippen molar-refractivity contribution < 1.29 is 4.79 Å². The van der Waals surface area contributed by atoms with E-state index in [0.717, 1.165) is 17.9 Å². The molecule has 2 N–H and O–H groups in total. The molecular weight excluding hydrogens is 238 g/mol. The van der Waals surface area contributed by atoms with Gasteiger partial charge < -0.3 is 15.5 Å². The molecule has 0 radical (unpaired) electrons. The van der Waals surface area contributed by atoms with E-state index in [-0.39, 0.29) is 11.9 Å². The van der Waals surface area contributed by atoms with E-state index in [1.165, 1.54) is 5.56 Å². The Balaban J connectivity index is 2.67. The Morgan fingerprint density at radius 3 is 2.63 bits per heavy atom. The number of nitrogens with zero attached hydrogens (tertiary/aromatic N) is 1. The van der Waals surface area contributed by atoms with E-state index in [9.17, 15) is 4.79 Å². The summed E-state index contributed by atoms with van der Waals surface area (Å²) in [4.78, 5) is 13.9. The van der Waals surface area contributed by atoms with Crippen LogP contribution in [-0.4, -0.2) is 32.6 Å². The minimum atomic E-state index is 0.0435. The third-order valence-corrected chi connectivity index (χ3v) is 3.02. The van der Waals surface area contributed by atoms with Gasteiger partial charge in [0.25, 0.3) is 0 Å². The van der Waals surface area contributed by atoms with Gasteiger partial charge in [0.2, 0.25) is 5.91 Å². The molecule has 0 spiro atoms. The molecule has 1 rings (SSSR count). The molecule has 0 saturated carbocycles. The number of carbonyl (C=O) groups excluding carboxylic acids is 1. The van der Waals surface area contributed by atoms with Crippen LogP contribution in [0.2, 0.25) is 0 Å². The summed E-state index contributed by atoms with van der Waals surface area (Å²) < 4.78 is 0. The number of benzene rings is 1. The molecule has 0 heterocycles. The molecule has 19 heavy (non-hydrogen) atoms. The largest absolute Gasteiger partial charge is 0.377 e. The topological polar surface area (TPSA) is 44.4 Å². The fourth-order valence-corrected chi connectivity index (χ4v) is 2.08. The molecule has 0 saturated heterocycles. The van der Waals surface area contributed by atoms with Crippen molar-refractivity contribution in [3.63, 3.8) is 0 Å². The maximum absolute atomic E-state index is 11.9. The van der Waals surface area contributed by atoms with Gasteiger partial charge in [0.1, 0.15) is 0 Å². The van der Waals surface area contributed by atoms with Crippen LogP contribution < -0.4 is 15.5 Å². The van der Waals surface area contributed by atoms with Crippen LogP contribution >= 0.6 is 0 Å². The number of hydrogen-bond donors (Lipinski definition) is 2. The van der Waals surface area contributed by atoms with E-state index < -0.39 is 0 Å². The highest BCUT2D eigenvalue weighted by molar-refractivity contribution is 5.91. The molecule has 4 nitrogen and oxygen atoms in total. The lowest BCUT2D eigenvalue weighted by molar-refractivity contribution is -0.116. The summed E-state index contributed by atoms with van der Waals surface area (Å²) in [5.74, 6) is 0.0435. The second-order valence-corrected chi connectivity index (χ2v) is 5.11. The first-order valence-electron chi connectivity index (χ1n) is 6.75. The quantitative estimate of drug-likeness (QED) is 0.828. The Kier molecular flexibility index (Phi) is 5.83. The van der Waals surface area contributed by atoms with E-state index in [2.05, 4.69) is 17.6 Å². The second kappa shape index (κ2) is 7.14. The van der Waals surface area contributed by atoms with E-state index in [0.29, 0.717) is 6.42 Å². The lowest BCUT2D eigenvalue weighted by Gasteiger charge is -2.17. The summed E-state index contributed by atoms with van der Waals surface area (Å²) in [7, 11) is 4.00. The zero-order valence-electron chi connectivity index (χ0n) is 12.6. The van der Waals surface area contributed by atoms with E-state index in [1.54, 1.807) is 0 Å². The first-order chi connectivity index (χ1) is 8.93. The lowest BCUT2D eigenvalue weighted by Crippen LogP contribution is -2.30. The summed E-state index contributed by atoms with van der Waals surface area (Å²) in [6, 6.07) is 6.17. The zero-order valence-corrected chi connectivity index (χ0v) is 12.6. The highest BCUT2D eigenvalue weighted by atomic mass is 16.1. The zero-order chi connectivity index (χ0) is 14.4. The Morgan fingerprint density at radius 2 is 2.05 bits per heavy atom. The first kappa shape index (κ1) is 15.5. The van der Waals surface area contributed by atoms with Gasteiger partial charge in [0.05, 0.1) is 0 Å². The molecule has 106 valence electrons. The number of nitrogens with one attached hydrogen (secondary N) is 2. The van der Waals surface area contributed by atoms with Crippen molar-refractivity contribution in [3.05, 3.63) is 23.8 Å². The number of hydrogen-bond acceptors (Lipinski definition) is 3. The Bertz CT molecular complexity index is 429. The SMILES string of the molecule is CCNC(C)CC(=O)Nc1ccc(C)c(N(C)C)c1. The molecule has 1 aromatic carbocycles. The molecule has 0 aromatic heterocycles. The first-order valence-corrected chi connectivity index (χ1v) is 6.75. The maximum Gasteiger partial charge on any atom is 0.225 e. The van der Waals surface area contributed by atoms with Gasteiger partial charge in [-0.05, 0) is 38.1 Å². The molecule has 1 atom stereocenters. The number of carbonyl (C=O) groups is 1. The highest BCUT2D eigenvalue weighted by Crippen LogP contribution is 2.22. The van der Waals surface area contributed by atoms with Crippen molar-refractivity contribution in [2.24, 2.45) is 0 Å². The van der Waals surface area contributed by atoms with Crippen molar-refractivity contribution >= 4 is 17.3 Å². The minimum absolute atomic E-state index is 0.0435. The van der Waals surface area contributed by atoms with Crippen molar-refractivity contribution in [2.45, 2.75) is 33.2 Å². The third kappa shape index (κ3) is 4.91. The van der Waals surface area contributed by atoms with Crippen LogP contribution in [0.25, 0.3) is 0 Å². The van der Waals surface area contributed by atoms with Gasteiger partial charge in [-0.3, -0.25) is 4.79 Å². The summed E-state index contributed by atoms with van der Waals surface area (Å²) >= 11 is 0. The van der Waals surface area contributed by atoms with Gasteiger partial charge in [-0.2, -0.15) is 0 Å². The number of amides is 1. The standard InChI is InChI=1S/C15H25N3O/c1-6-16-12(3)9-15(19)17-13-8-7-11(2)14(10-13)18(4)5/h7-8,10,12,16H,6,9H2,1-5H3,(H,17,19). The van der Waals surface area contributed by atoms with Gasteiger partial charge in [0, 0.05) is 37.9 Å². The van der Waals surface area contributed by atoms with Crippen LogP contribution in [-0.2, 0) is 4.79 Å². The normalized spacial score (nSPS) is 12.1. The second-order valence-electron chi connectivity index (χ2n) is 5.11. The molecular formula is C15H25N3O. The van der Waals surface area contributed by atoms with Crippen molar-refractivity contribution in [1.82, 2.24) is 5.32 Å². The van der Waals surface area contributed by atoms with Crippen LogP contribution in [0.15, 0.2) is 18.2 Å². The highest BCUT2D eigenvalue weighted by Gasteiger charge is 2.09. The Hall–Kier alpha value is -1.55. The van der Waals surface area contributed by atoms with E-state index >= 15 is 0 Å². The van der Waals surface area contributed by atoms with E-state index in [1.807, 2.05) is 51.0 Å². The summed E-state index contributed by atoms with van der Waals surface area (Å²) in [5, 5.41) is 6.18. The third-order valence-electron chi connectivity index (χ3n) is 3.02. The lowest BCUT2D eigenvalue weighted by atomic mass is 10.1. The van der Waals surface area contributed by atoms with E-state index in [4.69, 9.17) is 0 Å². The fraction of sp³-hybridized carbons (Fsp3) is 0.533. The molecule has 0 fully saturated rings. The van der Waals surface area contributed by atoms with Crippen LogP contribution in [0.3, 0.4) is 0 Å². The fourth-order valence-electron chi connectivity index (χ4n) is 2.08. The average Bonchev–Trinajstić information content (AvgIpc) is 2.31. The van der Waals surface area contributed by atoms with Gasteiger partial charge in [-0.15, -0.1) is 0 Å². The molecule has 1 amide bonds. The van der Waals surface area contributed by atoms with Crippen LogP contribution in [0, 0.1) is 6.92 Å². The predicted molar refractivity (Wildman–Crippen MR) is 81.9 cm³/mol. The molecule has 0 aliphatic carbocycles. The molecule has 1 unspecified atom stereocenters. The van der Waals surface area contributed by atoms with Crippen molar-refractivity contribution in [1.29, 1.82) is 0 Å². The number of rotatable bonds is 6. The van der Waals surface area contributed by atoms with Crippen LogP contribution in [0.1, 0.15) is 25.8 Å². The Morgan fingerprint density at radius 1 is 1.37 bits per heavy atom. The van der Waals surface area contributed by atoms with Crippen molar-refractivity contribution in [2.75, 3.05) is 30.9 Å². The average molecular weight is 263 g/mol. The van der Waals surface area contributed by atoms with Crippen LogP contribution in [0.4, 0.5) is 11.4 Å². The summed E-state index contributed by atoms with van der Waals surface area (Å²) in [6.07, 6.45) is 0.485. The summed E-state index contributed by atoms with van der Waals surface area (Å²) in [5.41, 5.74) is 3.17. The molecule has 1 aromatic rings. The van der Waals surface area contributed by atoms with Gasteiger partial charge >= 0.3 is 0 Å². The number of aryl methyl sites for hydroxylation is 1. The molecule has 0 aliphatic heterocycles. The van der Waals surface area contributed by atoms with Crippen LogP contribution in [0.5, 0.6) is 0 Å². The Labute approximate surface area is 116 Å². The molecule has 0 aliphatic rings. The number of anilines is 2. The molecule has 4 heteroatoms. The smallest absolute Gasteiger partial charge is 0.225 e. The summed E-state index contributed by atoms with van der Waals surface area (Å²) in [6.45, 7) is 7.00. The maximum atomic E-state index is 11.9. The monoisotopic (exact) mass is 263 g/mol. The van der Waals surface area contributed by atoms with Gasteiger partial charge in [-0.1, -0.05) is 13.0 Å². The van der Waals surface area contributed by atoms with Gasteiger partial charge in [0.15, 0.2) is 0 Å².